The molecule has 9 heteroatoms. The van der Waals surface area contributed by atoms with Gasteiger partial charge in [-0.1, -0.05) is 18.2 Å². The Hall–Kier alpha value is -3.66. The SMILES string of the molecule is OC[C@H](O)CN1CCN(c2nc(-c3ccnc(Nc4ccccc4)c3)nc3cncc(C4CC4)c23)CC1. The second-order valence-corrected chi connectivity index (χ2v) is 9.81. The zero-order valence-electron chi connectivity index (χ0n) is 20.7. The molecule has 190 valence electrons. The van der Waals surface area contributed by atoms with Gasteiger partial charge in [0.2, 0.25) is 0 Å². The van der Waals surface area contributed by atoms with Crippen LogP contribution in [0.15, 0.2) is 61.1 Å². The molecular weight excluding hydrogens is 466 g/mol. The molecule has 1 aliphatic heterocycles. The van der Waals surface area contributed by atoms with Gasteiger partial charge in [-0.25, -0.2) is 15.0 Å². The van der Waals surface area contributed by atoms with Gasteiger partial charge in [0.1, 0.15) is 11.6 Å². The molecule has 3 aromatic heterocycles. The number of aliphatic hydroxyl groups excluding tert-OH is 2. The molecule has 0 bridgehead atoms. The average Bonchev–Trinajstić information content (AvgIpc) is 3.79. The van der Waals surface area contributed by atoms with Crippen molar-refractivity contribution in [2.45, 2.75) is 24.9 Å². The third-order valence-corrected chi connectivity index (χ3v) is 7.05. The van der Waals surface area contributed by atoms with Gasteiger partial charge in [-0.3, -0.25) is 9.88 Å². The summed E-state index contributed by atoms with van der Waals surface area (Å²) in [6, 6.07) is 13.9. The number of hydrogen-bond acceptors (Lipinski definition) is 9. The molecule has 1 aliphatic carbocycles. The summed E-state index contributed by atoms with van der Waals surface area (Å²) < 4.78 is 0. The maximum Gasteiger partial charge on any atom is 0.162 e. The maximum atomic E-state index is 9.87. The van der Waals surface area contributed by atoms with Gasteiger partial charge in [-0.15, -0.1) is 0 Å². The second-order valence-electron chi connectivity index (χ2n) is 9.81. The van der Waals surface area contributed by atoms with Crippen LogP contribution in [0.4, 0.5) is 17.3 Å². The van der Waals surface area contributed by atoms with E-state index in [1.54, 1.807) is 6.20 Å². The Morgan fingerprint density at radius 2 is 1.81 bits per heavy atom. The number of nitrogens with one attached hydrogen (secondary N) is 1. The van der Waals surface area contributed by atoms with Gasteiger partial charge in [0.15, 0.2) is 5.82 Å². The van der Waals surface area contributed by atoms with Gasteiger partial charge in [0.25, 0.3) is 0 Å². The van der Waals surface area contributed by atoms with Crippen LogP contribution in [0.5, 0.6) is 0 Å². The molecule has 3 N–H and O–H groups in total. The smallest absolute Gasteiger partial charge is 0.162 e. The Labute approximate surface area is 215 Å². The summed E-state index contributed by atoms with van der Waals surface area (Å²) in [5.74, 6) is 2.85. The molecule has 1 saturated heterocycles. The fourth-order valence-electron chi connectivity index (χ4n) is 4.96. The number of rotatable bonds is 8. The number of para-hydroxylation sites is 1. The van der Waals surface area contributed by atoms with Gasteiger partial charge < -0.3 is 20.4 Å². The van der Waals surface area contributed by atoms with E-state index in [0.29, 0.717) is 18.3 Å². The van der Waals surface area contributed by atoms with Crippen LogP contribution in [0.25, 0.3) is 22.3 Å². The van der Waals surface area contributed by atoms with Gasteiger partial charge in [-0.2, -0.15) is 0 Å². The highest BCUT2D eigenvalue weighted by Crippen LogP contribution is 2.45. The molecular formula is C28H31N7O2. The van der Waals surface area contributed by atoms with Gasteiger partial charge in [-0.05, 0) is 48.6 Å². The summed E-state index contributed by atoms with van der Waals surface area (Å²) in [5, 5.41) is 23.6. The normalized spacial score (nSPS) is 17.2. The molecule has 2 aliphatic rings. The van der Waals surface area contributed by atoms with Crippen molar-refractivity contribution in [3.05, 3.63) is 66.6 Å². The Morgan fingerprint density at radius 1 is 1.00 bits per heavy atom. The Balaban J connectivity index is 1.35. The lowest BCUT2D eigenvalue weighted by molar-refractivity contribution is 0.0574. The summed E-state index contributed by atoms with van der Waals surface area (Å²) in [6.07, 6.45) is 7.23. The molecule has 6 rings (SSSR count). The summed E-state index contributed by atoms with van der Waals surface area (Å²) in [6.45, 7) is 3.42. The molecule has 1 aromatic carbocycles. The first-order chi connectivity index (χ1) is 18.2. The van der Waals surface area contributed by atoms with Crippen LogP contribution in [0.1, 0.15) is 24.3 Å². The highest BCUT2D eigenvalue weighted by Gasteiger charge is 2.30. The number of nitrogens with zero attached hydrogens (tertiary/aromatic N) is 6. The molecule has 1 saturated carbocycles. The van der Waals surface area contributed by atoms with Crippen LogP contribution in [-0.2, 0) is 0 Å². The average molecular weight is 498 g/mol. The number of β-amino-alcohol motifs (C(OH)–C–C–N with tert-alkyl or cyclic N) is 1. The zero-order valence-corrected chi connectivity index (χ0v) is 20.7. The lowest BCUT2D eigenvalue weighted by atomic mass is 10.1. The summed E-state index contributed by atoms with van der Waals surface area (Å²) in [5.41, 5.74) is 3.95. The second kappa shape index (κ2) is 10.4. The molecule has 0 amide bonds. The lowest BCUT2D eigenvalue weighted by Gasteiger charge is -2.36. The number of aromatic nitrogens is 4. The third kappa shape index (κ3) is 5.24. The Bertz CT molecular complexity index is 1370. The van der Waals surface area contributed by atoms with Crippen molar-refractivity contribution in [1.82, 2.24) is 24.8 Å². The van der Waals surface area contributed by atoms with Crippen molar-refractivity contribution in [2.24, 2.45) is 0 Å². The fourth-order valence-corrected chi connectivity index (χ4v) is 4.96. The fraction of sp³-hybridized carbons (Fsp3) is 0.357. The van der Waals surface area contributed by atoms with Crippen molar-refractivity contribution in [1.29, 1.82) is 0 Å². The molecule has 9 nitrogen and oxygen atoms in total. The standard InChI is InChI=1S/C28H31N7O2/c36-18-22(37)17-34-10-12-35(13-11-34)28-26-23(19-6-7-19)15-29-16-24(26)32-27(33-28)20-8-9-30-25(14-20)31-21-4-2-1-3-5-21/h1-5,8-9,14-16,19,22,36-37H,6-7,10-13,17-18H2,(H,30,31)/t22-/m1/s1. The predicted molar refractivity (Wildman–Crippen MR) is 144 cm³/mol. The number of pyridine rings is 2. The van der Waals surface area contributed by atoms with Crippen molar-refractivity contribution in [3.63, 3.8) is 0 Å². The molecule has 0 radical (unpaired) electrons. The Morgan fingerprint density at radius 3 is 2.57 bits per heavy atom. The highest BCUT2D eigenvalue weighted by molar-refractivity contribution is 5.94. The maximum absolute atomic E-state index is 9.87. The summed E-state index contributed by atoms with van der Waals surface area (Å²) in [7, 11) is 0. The summed E-state index contributed by atoms with van der Waals surface area (Å²) >= 11 is 0. The molecule has 2 fully saturated rings. The number of piperazine rings is 1. The number of hydrogen-bond donors (Lipinski definition) is 3. The minimum atomic E-state index is -0.712. The van der Waals surface area contributed by atoms with E-state index < -0.39 is 6.10 Å². The van der Waals surface area contributed by atoms with Crippen molar-refractivity contribution >= 4 is 28.2 Å². The Kier molecular flexibility index (Phi) is 6.65. The first-order valence-electron chi connectivity index (χ1n) is 12.9. The van der Waals surface area contributed by atoms with Gasteiger partial charge in [0.05, 0.1) is 24.4 Å². The molecule has 4 aromatic rings. The van der Waals surface area contributed by atoms with Crippen LogP contribution >= 0.6 is 0 Å². The van der Waals surface area contributed by atoms with E-state index in [0.717, 1.165) is 60.0 Å². The van der Waals surface area contributed by atoms with Crippen LogP contribution in [0, 0.1) is 0 Å². The van der Waals surface area contributed by atoms with Crippen molar-refractivity contribution in [2.75, 3.05) is 49.5 Å². The van der Waals surface area contributed by atoms with Gasteiger partial charge in [0, 0.05) is 61.8 Å². The van der Waals surface area contributed by atoms with Crippen LogP contribution in [0.2, 0.25) is 0 Å². The monoisotopic (exact) mass is 497 g/mol. The van der Waals surface area contributed by atoms with E-state index in [-0.39, 0.29) is 6.61 Å². The van der Waals surface area contributed by atoms with Crippen LogP contribution < -0.4 is 10.2 Å². The quantitative estimate of drug-likeness (QED) is 0.338. The summed E-state index contributed by atoms with van der Waals surface area (Å²) in [4.78, 5) is 23.6. The van der Waals surface area contributed by atoms with Crippen molar-refractivity contribution < 1.29 is 10.2 Å². The van der Waals surface area contributed by atoms with Gasteiger partial charge >= 0.3 is 0 Å². The zero-order chi connectivity index (χ0) is 25.2. The van der Waals surface area contributed by atoms with E-state index in [9.17, 15) is 10.2 Å². The number of anilines is 3. The molecule has 0 unspecified atom stereocenters. The first kappa shape index (κ1) is 23.7. The largest absolute Gasteiger partial charge is 0.394 e. The number of benzene rings is 1. The first-order valence-corrected chi connectivity index (χ1v) is 12.9. The minimum absolute atomic E-state index is 0.217. The topological polar surface area (TPSA) is 111 Å². The van der Waals surface area contributed by atoms with E-state index in [1.807, 2.05) is 54.9 Å². The van der Waals surface area contributed by atoms with E-state index in [4.69, 9.17) is 9.97 Å². The van der Waals surface area contributed by atoms with Crippen LogP contribution in [0.3, 0.4) is 0 Å². The molecule has 0 spiro atoms. The molecule has 37 heavy (non-hydrogen) atoms. The number of fused-ring (bicyclic) bond motifs is 1. The van der Waals surface area contributed by atoms with Crippen molar-refractivity contribution in [3.8, 4) is 11.4 Å². The molecule has 4 heterocycles. The van der Waals surface area contributed by atoms with E-state index in [1.165, 1.54) is 18.4 Å². The molecule has 1 atom stereocenters. The highest BCUT2D eigenvalue weighted by atomic mass is 16.3. The van der Waals surface area contributed by atoms with E-state index in [2.05, 4.69) is 25.1 Å². The van der Waals surface area contributed by atoms with E-state index >= 15 is 0 Å². The minimum Gasteiger partial charge on any atom is -0.394 e. The number of aliphatic hydroxyl groups is 2. The van der Waals surface area contributed by atoms with Crippen LogP contribution in [-0.4, -0.2) is 80.5 Å². The third-order valence-electron chi connectivity index (χ3n) is 7.05. The lowest BCUT2D eigenvalue weighted by Crippen LogP contribution is -2.49. The predicted octanol–water partition coefficient (Wildman–Crippen LogP) is 3.18.